The summed E-state index contributed by atoms with van der Waals surface area (Å²) >= 11 is 8.56. The van der Waals surface area contributed by atoms with Crippen molar-refractivity contribution in [2.24, 2.45) is 0 Å². The molecule has 1 unspecified atom stereocenters. The maximum absolute atomic E-state index is 6.18. The van der Waals surface area contributed by atoms with Gasteiger partial charge in [0, 0.05) is 27.4 Å². The van der Waals surface area contributed by atoms with Crippen LogP contribution in [-0.2, 0) is 13.0 Å². The first-order chi connectivity index (χ1) is 10.1. The molecule has 0 spiro atoms. The zero-order chi connectivity index (χ0) is 15.2. The first kappa shape index (κ1) is 16.8. The molecule has 0 radical (unpaired) electrons. The summed E-state index contributed by atoms with van der Waals surface area (Å²) in [6.07, 6.45) is 6.12. The fourth-order valence-corrected chi connectivity index (χ4v) is 3.20. The van der Waals surface area contributed by atoms with Crippen LogP contribution >= 0.6 is 34.2 Å². The largest absolute Gasteiger partial charge is 0.310 e. The minimum absolute atomic E-state index is 0.269. The van der Waals surface area contributed by atoms with E-state index in [0.717, 1.165) is 31.0 Å². The lowest BCUT2D eigenvalue weighted by Crippen LogP contribution is -2.24. The predicted octanol–water partition coefficient (Wildman–Crippen LogP) is 4.44. The Morgan fingerprint density at radius 2 is 2.19 bits per heavy atom. The van der Waals surface area contributed by atoms with Gasteiger partial charge in [-0.25, -0.2) is 0 Å². The molecule has 1 N–H and O–H groups in total. The van der Waals surface area contributed by atoms with Crippen molar-refractivity contribution in [3.63, 3.8) is 0 Å². The van der Waals surface area contributed by atoms with Crippen LogP contribution in [0.2, 0.25) is 5.02 Å². The average Bonchev–Trinajstić information content (AvgIpc) is 2.94. The fraction of sp³-hybridized carbons (Fsp3) is 0.438. The lowest BCUT2D eigenvalue weighted by molar-refractivity contribution is 0.527. The van der Waals surface area contributed by atoms with Gasteiger partial charge in [0.1, 0.15) is 0 Å². The topological polar surface area (TPSA) is 29.9 Å². The van der Waals surface area contributed by atoms with Crippen molar-refractivity contribution in [3.8, 4) is 0 Å². The van der Waals surface area contributed by atoms with E-state index in [0.29, 0.717) is 0 Å². The molecule has 0 aliphatic heterocycles. The van der Waals surface area contributed by atoms with Crippen LogP contribution in [0.5, 0.6) is 0 Å². The van der Waals surface area contributed by atoms with E-state index < -0.39 is 0 Å². The molecule has 0 fully saturated rings. The zero-order valence-electron chi connectivity index (χ0n) is 12.4. The molecular weight excluding hydrogens is 397 g/mol. The Morgan fingerprint density at radius 1 is 1.38 bits per heavy atom. The monoisotopic (exact) mass is 417 g/mol. The number of nitrogens with zero attached hydrogens (tertiary/aromatic N) is 2. The number of hydrogen-bond donors (Lipinski definition) is 1. The molecule has 0 saturated carbocycles. The van der Waals surface area contributed by atoms with E-state index in [1.54, 1.807) is 0 Å². The summed E-state index contributed by atoms with van der Waals surface area (Å²) in [4.78, 5) is 0. The quantitative estimate of drug-likeness (QED) is 0.675. The van der Waals surface area contributed by atoms with Crippen LogP contribution < -0.4 is 5.32 Å². The van der Waals surface area contributed by atoms with Gasteiger partial charge >= 0.3 is 0 Å². The number of halogens is 2. The highest BCUT2D eigenvalue weighted by Crippen LogP contribution is 2.26. The smallest absolute Gasteiger partial charge is 0.0522 e. The number of aromatic nitrogens is 2. The molecule has 114 valence electrons. The Balaban J connectivity index is 2.22. The molecule has 2 rings (SSSR count). The minimum atomic E-state index is 0.269. The second-order valence-corrected chi connectivity index (χ2v) is 6.68. The number of hydrogen-bond acceptors (Lipinski definition) is 2. The molecule has 3 nitrogen and oxygen atoms in total. The van der Waals surface area contributed by atoms with Gasteiger partial charge in [-0.3, -0.25) is 4.68 Å². The maximum atomic E-state index is 6.18. The molecular formula is C16H21ClIN3. The van der Waals surface area contributed by atoms with Gasteiger partial charge in [0.15, 0.2) is 0 Å². The zero-order valence-corrected chi connectivity index (χ0v) is 15.4. The summed E-state index contributed by atoms with van der Waals surface area (Å²) in [5, 5.41) is 8.78. The SMILES string of the molecule is CCCNC(Cc1cnn(CC)c1)c1cc(Cl)ccc1I. The molecule has 21 heavy (non-hydrogen) atoms. The third-order valence-corrected chi connectivity index (χ3v) is 4.64. The van der Waals surface area contributed by atoms with Crippen LogP contribution in [0.1, 0.15) is 37.4 Å². The molecule has 1 aromatic heterocycles. The Kier molecular flexibility index (Phi) is 6.51. The van der Waals surface area contributed by atoms with Crippen molar-refractivity contribution < 1.29 is 0 Å². The van der Waals surface area contributed by atoms with E-state index in [-0.39, 0.29) is 6.04 Å². The summed E-state index contributed by atoms with van der Waals surface area (Å²) in [5.74, 6) is 0. The minimum Gasteiger partial charge on any atom is -0.310 e. The Labute approximate surface area is 145 Å². The van der Waals surface area contributed by atoms with Crippen LogP contribution in [0.15, 0.2) is 30.6 Å². The van der Waals surface area contributed by atoms with Gasteiger partial charge in [0.2, 0.25) is 0 Å². The summed E-state index contributed by atoms with van der Waals surface area (Å²) < 4.78 is 3.21. The highest BCUT2D eigenvalue weighted by atomic mass is 127. The number of aryl methyl sites for hydroxylation is 1. The van der Waals surface area contributed by atoms with Crippen LogP contribution in [0.25, 0.3) is 0 Å². The third-order valence-electron chi connectivity index (χ3n) is 3.42. The lowest BCUT2D eigenvalue weighted by Gasteiger charge is -2.20. The van der Waals surface area contributed by atoms with Gasteiger partial charge in [-0.15, -0.1) is 0 Å². The summed E-state index contributed by atoms with van der Waals surface area (Å²) in [7, 11) is 0. The summed E-state index contributed by atoms with van der Waals surface area (Å²) in [6, 6.07) is 6.36. The molecule has 0 bridgehead atoms. The van der Waals surface area contributed by atoms with Crippen LogP contribution in [0, 0.1) is 3.57 Å². The van der Waals surface area contributed by atoms with Crippen molar-refractivity contribution in [3.05, 3.63) is 50.3 Å². The highest BCUT2D eigenvalue weighted by Gasteiger charge is 2.16. The van der Waals surface area contributed by atoms with Gasteiger partial charge in [-0.1, -0.05) is 18.5 Å². The molecule has 0 aliphatic rings. The second kappa shape index (κ2) is 8.15. The van der Waals surface area contributed by atoms with Gasteiger partial charge in [0.25, 0.3) is 0 Å². The van der Waals surface area contributed by atoms with Gasteiger partial charge in [-0.05, 0) is 78.2 Å². The molecule has 0 saturated heterocycles. The maximum Gasteiger partial charge on any atom is 0.0522 e. The average molecular weight is 418 g/mol. The fourth-order valence-electron chi connectivity index (χ4n) is 2.31. The molecule has 2 aromatic rings. The van der Waals surface area contributed by atoms with Crippen LogP contribution in [-0.4, -0.2) is 16.3 Å². The number of nitrogens with one attached hydrogen (secondary N) is 1. The number of rotatable bonds is 7. The van der Waals surface area contributed by atoms with E-state index in [1.807, 2.05) is 16.9 Å². The molecule has 1 aromatic carbocycles. The van der Waals surface area contributed by atoms with E-state index >= 15 is 0 Å². The predicted molar refractivity (Wildman–Crippen MR) is 96.8 cm³/mol. The van der Waals surface area contributed by atoms with Crippen molar-refractivity contribution >= 4 is 34.2 Å². The molecule has 0 aliphatic carbocycles. The highest BCUT2D eigenvalue weighted by molar-refractivity contribution is 14.1. The van der Waals surface area contributed by atoms with Crippen molar-refractivity contribution in [2.75, 3.05) is 6.54 Å². The lowest BCUT2D eigenvalue weighted by atomic mass is 10.0. The molecule has 1 heterocycles. The van der Waals surface area contributed by atoms with Crippen molar-refractivity contribution in [2.45, 2.75) is 39.3 Å². The Bertz CT molecular complexity index is 583. The van der Waals surface area contributed by atoms with E-state index in [4.69, 9.17) is 11.6 Å². The van der Waals surface area contributed by atoms with Gasteiger partial charge < -0.3 is 5.32 Å². The van der Waals surface area contributed by atoms with Crippen LogP contribution in [0.3, 0.4) is 0 Å². The summed E-state index contributed by atoms with van der Waals surface area (Å²) in [6.45, 7) is 6.18. The van der Waals surface area contributed by atoms with Crippen molar-refractivity contribution in [1.82, 2.24) is 15.1 Å². The molecule has 5 heteroatoms. The number of benzene rings is 1. The van der Waals surface area contributed by atoms with Gasteiger partial charge in [0.05, 0.1) is 6.20 Å². The first-order valence-electron chi connectivity index (χ1n) is 7.33. The van der Waals surface area contributed by atoms with E-state index in [1.165, 1.54) is 14.7 Å². The Hall–Kier alpha value is -0.590. The van der Waals surface area contributed by atoms with E-state index in [9.17, 15) is 0 Å². The molecule has 1 atom stereocenters. The van der Waals surface area contributed by atoms with E-state index in [2.05, 4.69) is 65.2 Å². The summed E-state index contributed by atoms with van der Waals surface area (Å²) in [5.41, 5.74) is 2.52. The van der Waals surface area contributed by atoms with Crippen molar-refractivity contribution in [1.29, 1.82) is 0 Å². The Morgan fingerprint density at radius 3 is 2.86 bits per heavy atom. The first-order valence-corrected chi connectivity index (χ1v) is 8.79. The standard InChI is InChI=1S/C16H21ClIN3/c1-3-7-19-16(8-12-10-20-21(4-2)11-12)14-9-13(17)5-6-15(14)18/h5-6,9-11,16,19H,3-4,7-8H2,1-2H3. The normalized spacial score (nSPS) is 12.6. The van der Waals surface area contributed by atoms with Gasteiger partial charge in [-0.2, -0.15) is 5.10 Å². The third kappa shape index (κ3) is 4.69. The molecule has 0 amide bonds. The second-order valence-electron chi connectivity index (χ2n) is 5.08. The van der Waals surface area contributed by atoms with Crippen LogP contribution in [0.4, 0.5) is 0 Å².